The molecule has 3 amide bonds. The van der Waals surface area contributed by atoms with E-state index in [1.165, 1.54) is 24.0 Å². The Kier molecular flexibility index (Phi) is 22.5. The standard InChI is InChI=1S/C66H74ClN10O13PS2/c1-41(2)87-40-56-55(90-91(84,85)89-42(3)4)35-62(88-56)77-36-46(65(82)71-66(77)83)13-19-59(79)68-22-27-74(29-24-70-61(81)38-76-54-34-48(86-7)15-18-58(54)93-63(76)31-44-20-25-72(5)51-11-9-8-10-49(44)51)28-23-69-60(80)37-75-53-30-43(39-78)12-17-57(53)92-64(75)32-45-21-26-73(6)52-16-14-47(67)33-50(45)52/h8-21,25-26,30-34,36,41-42,55-56,62,78H,22-24,27-29,35,37-40H2,1-7H3,(H3-2,68,69,70,71,79,80,81,82,83,84,85)/p+1/b19-13+. The largest absolute Gasteiger partial charge is 0.756 e. The highest BCUT2D eigenvalue weighted by atomic mass is 35.5. The van der Waals surface area contributed by atoms with Gasteiger partial charge in [-0.2, -0.15) is 0 Å². The second kappa shape index (κ2) is 30.6. The second-order valence-corrected chi connectivity index (χ2v) is 26.9. The maximum absolute atomic E-state index is 14.1. The first-order chi connectivity index (χ1) is 44.6. The maximum atomic E-state index is 14.1. The molecule has 3 aromatic heterocycles. The molecule has 0 aliphatic carbocycles. The Bertz CT molecular complexity index is 4220. The number of carbonyl (C=O) groups excluding carboxylic acids is 3. The van der Waals surface area contributed by atoms with E-state index < -0.39 is 49.5 Å². The minimum absolute atomic E-state index is 0.00770. The Morgan fingerprint density at radius 2 is 1.42 bits per heavy atom. The molecule has 6 heterocycles. The van der Waals surface area contributed by atoms with Crippen molar-refractivity contribution in [1.29, 1.82) is 0 Å². The predicted octanol–water partition coefficient (Wildman–Crippen LogP) is 6.52. The predicted molar refractivity (Wildman–Crippen MR) is 357 cm³/mol. The van der Waals surface area contributed by atoms with Crippen LogP contribution in [0.4, 0.5) is 11.4 Å². The molecule has 0 spiro atoms. The van der Waals surface area contributed by atoms with Gasteiger partial charge in [-0.15, -0.1) is 0 Å². The van der Waals surface area contributed by atoms with Crippen LogP contribution in [-0.4, -0.2) is 128 Å². The number of hydrogen-bond donors (Lipinski definition) is 5. The zero-order valence-electron chi connectivity index (χ0n) is 52.5. The number of nitrogens with zero attached hydrogens (tertiary/aromatic N) is 6. The molecule has 1 saturated heterocycles. The number of fused-ring (bicyclic) bond motifs is 4. The van der Waals surface area contributed by atoms with E-state index in [9.17, 15) is 38.5 Å². The summed E-state index contributed by atoms with van der Waals surface area (Å²) in [5.74, 6) is -0.443. The van der Waals surface area contributed by atoms with E-state index in [2.05, 4.69) is 49.8 Å². The smallest absolute Gasteiger partial charge is 0.330 e. The highest BCUT2D eigenvalue weighted by Gasteiger charge is 2.41. The van der Waals surface area contributed by atoms with Crippen LogP contribution in [0.1, 0.15) is 62.6 Å². The highest BCUT2D eigenvalue weighted by molar-refractivity contribution is 8.04. The number of ether oxygens (including phenoxy) is 3. The van der Waals surface area contributed by atoms with Crippen LogP contribution in [0.2, 0.25) is 5.02 Å². The van der Waals surface area contributed by atoms with Crippen molar-refractivity contribution < 1.29 is 61.3 Å². The van der Waals surface area contributed by atoms with Gasteiger partial charge < -0.3 is 59.0 Å². The number of aliphatic hydroxyl groups excluding tert-OH is 1. The van der Waals surface area contributed by atoms with Gasteiger partial charge in [0.15, 0.2) is 12.4 Å². The van der Waals surface area contributed by atoms with E-state index in [0.717, 1.165) is 74.8 Å². The number of aromatic amines is 1. The number of hydrogen-bond acceptors (Lipinski definition) is 18. The first kappa shape index (κ1) is 68.2. The van der Waals surface area contributed by atoms with Crippen molar-refractivity contribution in [3.8, 4) is 5.75 Å². The molecule has 3 aliphatic heterocycles. The summed E-state index contributed by atoms with van der Waals surface area (Å²) in [6.45, 7) is 7.76. The minimum atomic E-state index is -4.80. The molecule has 93 heavy (non-hydrogen) atoms. The Labute approximate surface area is 551 Å². The first-order valence-corrected chi connectivity index (χ1v) is 33.8. The summed E-state index contributed by atoms with van der Waals surface area (Å²) in [7, 11) is 0.763. The monoisotopic (exact) mass is 1350 g/mol. The molecular weight excluding hydrogens is 1270 g/mol. The third kappa shape index (κ3) is 17.2. The zero-order valence-corrected chi connectivity index (χ0v) is 55.8. The Hall–Kier alpha value is -7.65. The number of anilines is 2. The number of phosphoric ester groups is 1. The van der Waals surface area contributed by atoms with Gasteiger partial charge in [-0.25, -0.2) is 13.9 Å². The summed E-state index contributed by atoms with van der Waals surface area (Å²) in [4.78, 5) is 90.9. The van der Waals surface area contributed by atoms with Crippen molar-refractivity contribution in [3.05, 3.63) is 174 Å². The van der Waals surface area contributed by atoms with Crippen LogP contribution in [0.3, 0.4) is 0 Å². The van der Waals surface area contributed by atoms with Crippen LogP contribution < -0.4 is 55.8 Å². The number of benzene rings is 4. The molecule has 3 aliphatic rings. The number of H-pyrrole nitrogens is 1. The van der Waals surface area contributed by atoms with Gasteiger partial charge in [-0.1, -0.05) is 53.3 Å². The van der Waals surface area contributed by atoms with Gasteiger partial charge >= 0.3 is 5.69 Å². The summed E-state index contributed by atoms with van der Waals surface area (Å²) in [6, 6.07) is 29.4. The lowest BCUT2D eigenvalue weighted by Crippen LogP contribution is -2.45. The Morgan fingerprint density at radius 1 is 0.806 bits per heavy atom. The van der Waals surface area contributed by atoms with Crippen LogP contribution in [0.15, 0.2) is 145 Å². The van der Waals surface area contributed by atoms with Crippen molar-refractivity contribution in [3.63, 3.8) is 0 Å². The molecule has 4 unspecified atom stereocenters. The summed E-state index contributed by atoms with van der Waals surface area (Å²) in [6.07, 6.45) is 7.55. The highest BCUT2D eigenvalue weighted by Crippen LogP contribution is 2.50. The molecule has 5 N–H and O–H groups in total. The van der Waals surface area contributed by atoms with Crippen molar-refractivity contribution in [2.45, 2.75) is 81.2 Å². The molecule has 0 saturated carbocycles. The van der Waals surface area contributed by atoms with E-state index in [4.69, 9.17) is 34.9 Å². The fourth-order valence-corrected chi connectivity index (χ4v) is 14.5. The molecule has 4 aromatic carbocycles. The average molecular weight is 1350 g/mol. The van der Waals surface area contributed by atoms with Gasteiger partial charge in [0.05, 0.1) is 76.4 Å². The molecule has 27 heteroatoms. The third-order valence-electron chi connectivity index (χ3n) is 15.6. The number of pyridine rings is 2. The van der Waals surface area contributed by atoms with Crippen molar-refractivity contribution >= 4 is 112 Å². The van der Waals surface area contributed by atoms with Crippen LogP contribution in [-0.2, 0) is 58.2 Å². The first-order valence-electron chi connectivity index (χ1n) is 30.4. The number of amides is 3. The van der Waals surface area contributed by atoms with Gasteiger partial charge in [0.2, 0.25) is 28.8 Å². The topological polar surface area (TPSA) is 266 Å². The average Bonchev–Trinajstić information content (AvgIpc) is 1.71. The normalized spacial score (nSPS) is 17.8. The van der Waals surface area contributed by atoms with Gasteiger partial charge in [0.25, 0.3) is 13.4 Å². The quantitative estimate of drug-likeness (QED) is 0.0208. The van der Waals surface area contributed by atoms with E-state index >= 15 is 0 Å². The van der Waals surface area contributed by atoms with Crippen LogP contribution in [0, 0.1) is 0 Å². The number of carbonyl (C=O) groups is 3. The van der Waals surface area contributed by atoms with Gasteiger partial charge in [0.1, 0.15) is 45.3 Å². The van der Waals surface area contributed by atoms with Crippen LogP contribution >= 0.6 is 42.9 Å². The molecule has 4 atom stereocenters. The Balaban J connectivity index is 0.830. The SMILES string of the molecule is COc1ccc2c(c1)N(CC(=O)NCCN(CCNC(=O)/C=C/c1cn(C3CC(OP(=O)([O-])OC(C)C)C(COC(C)C)O3)c(=O)[nH]c1=O)CCNC(=O)CN1/C(=C/c3cc[n+](C)c4ccc(Cl)cc34)Sc3ccc(CO)cc31)/C(=C/c1cc[n+](C)c3ccccc13)S2. The molecule has 490 valence electrons. The summed E-state index contributed by atoms with van der Waals surface area (Å²) >= 11 is 9.59. The fourth-order valence-electron chi connectivity index (χ4n) is 11.0. The fraction of sp³-hybridized carbons (Fsp3) is 0.348. The third-order valence-corrected chi connectivity index (χ3v) is 19.3. The lowest BCUT2D eigenvalue weighted by molar-refractivity contribution is -0.645. The number of rotatable bonds is 27. The summed E-state index contributed by atoms with van der Waals surface area (Å²) < 4.78 is 45.8. The number of halogens is 1. The summed E-state index contributed by atoms with van der Waals surface area (Å²) in [5.41, 5.74) is 4.54. The molecule has 1 fully saturated rings. The number of nitrogens with one attached hydrogen (secondary N) is 4. The second-order valence-electron chi connectivity index (χ2n) is 23.0. The van der Waals surface area contributed by atoms with E-state index in [1.807, 2.05) is 125 Å². The van der Waals surface area contributed by atoms with Crippen molar-refractivity contribution in [1.82, 2.24) is 30.4 Å². The number of aliphatic hydroxyl groups is 1. The van der Waals surface area contributed by atoms with Crippen molar-refractivity contribution in [2.75, 3.05) is 75.9 Å². The Morgan fingerprint density at radius 3 is 2.05 bits per heavy atom. The van der Waals surface area contributed by atoms with Gasteiger partial charge in [-0.3, -0.25) is 38.2 Å². The molecule has 0 radical (unpaired) electrons. The number of methoxy groups -OCH3 is 1. The van der Waals surface area contributed by atoms with E-state index in [1.54, 1.807) is 46.6 Å². The molecule has 0 bridgehead atoms. The number of thioether (sulfide) groups is 2. The lowest BCUT2D eigenvalue weighted by Gasteiger charge is -2.29. The molecule has 10 rings (SSSR count). The number of aromatic nitrogens is 4. The molecule has 7 aromatic rings. The number of aryl methyl sites for hydroxylation is 2. The minimum Gasteiger partial charge on any atom is -0.756 e. The van der Waals surface area contributed by atoms with E-state index in [-0.39, 0.29) is 82.4 Å². The van der Waals surface area contributed by atoms with E-state index in [0.29, 0.717) is 29.4 Å². The number of phosphoric acid groups is 1. The van der Waals surface area contributed by atoms with Crippen LogP contribution in [0.5, 0.6) is 5.75 Å². The summed E-state index contributed by atoms with van der Waals surface area (Å²) in [5, 5.41) is 23.4. The van der Waals surface area contributed by atoms with Gasteiger partial charge in [-0.05, 0) is 105 Å². The van der Waals surface area contributed by atoms with Crippen LogP contribution in [0.25, 0.3) is 40.0 Å². The molecular formula is C66H75ClN10O13PS2+. The number of para-hydroxylation sites is 1. The van der Waals surface area contributed by atoms with Gasteiger partial charge in [0, 0.05) is 103 Å². The lowest BCUT2D eigenvalue weighted by atomic mass is 10.1. The maximum Gasteiger partial charge on any atom is 0.330 e. The zero-order chi connectivity index (χ0) is 66.1. The van der Waals surface area contributed by atoms with Crippen molar-refractivity contribution in [2.24, 2.45) is 14.1 Å². The molecule has 23 nitrogen and oxygen atoms in total.